The van der Waals surface area contributed by atoms with E-state index in [1.54, 1.807) is 24.3 Å². The molecule has 2 saturated heterocycles. The number of amides is 1. The number of rotatable bonds is 3. The molecule has 0 radical (unpaired) electrons. The summed E-state index contributed by atoms with van der Waals surface area (Å²) < 4.78 is 22.9. The number of likely N-dealkylation sites (tertiary alicyclic amines) is 1. The highest BCUT2D eigenvalue weighted by Crippen LogP contribution is 2.40. The number of hydrogen-bond donors (Lipinski definition) is 1. The molecule has 3 rings (SSSR count). The van der Waals surface area contributed by atoms with Gasteiger partial charge in [-0.15, -0.1) is 0 Å². The average molecular weight is 322 g/mol. The third-order valence-electron chi connectivity index (χ3n) is 4.89. The fraction of sp³-hybridized carbons (Fsp3) is 0.562. The standard InChI is InChI=1S/C16H22N2O3S/c1-22(20,21)14-4-2-13(3-5-14)12-18-11-8-16(15(18)19)6-9-17-10-7-16/h2-5,17H,6-12H2,1H3. The predicted molar refractivity (Wildman–Crippen MR) is 84.1 cm³/mol. The van der Waals surface area contributed by atoms with Crippen LogP contribution < -0.4 is 5.32 Å². The van der Waals surface area contributed by atoms with E-state index in [1.807, 2.05) is 4.90 Å². The van der Waals surface area contributed by atoms with E-state index in [0.717, 1.165) is 44.5 Å². The van der Waals surface area contributed by atoms with Crippen molar-refractivity contribution in [1.82, 2.24) is 10.2 Å². The predicted octanol–water partition coefficient (Wildman–Crippen LogP) is 1.19. The van der Waals surface area contributed by atoms with E-state index in [2.05, 4.69) is 5.32 Å². The van der Waals surface area contributed by atoms with Crippen LogP contribution in [0.25, 0.3) is 0 Å². The van der Waals surface area contributed by atoms with Crippen molar-refractivity contribution in [2.24, 2.45) is 5.41 Å². The maximum atomic E-state index is 12.7. The zero-order chi connectivity index (χ0) is 15.8. The summed E-state index contributed by atoms with van der Waals surface area (Å²) in [5, 5.41) is 3.31. The summed E-state index contributed by atoms with van der Waals surface area (Å²) >= 11 is 0. The molecule has 0 bridgehead atoms. The van der Waals surface area contributed by atoms with Gasteiger partial charge in [-0.3, -0.25) is 4.79 Å². The molecule has 0 unspecified atom stereocenters. The first kappa shape index (κ1) is 15.5. The van der Waals surface area contributed by atoms with Crippen molar-refractivity contribution in [2.75, 3.05) is 25.9 Å². The van der Waals surface area contributed by atoms with Gasteiger partial charge in [-0.1, -0.05) is 12.1 Å². The molecule has 2 heterocycles. The fourth-order valence-electron chi connectivity index (χ4n) is 3.48. The lowest BCUT2D eigenvalue weighted by molar-refractivity contribution is -0.137. The third-order valence-corrected chi connectivity index (χ3v) is 6.02. The lowest BCUT2D eigenvalue weighted by Crippen LogP contribution is -2.42. The topological polar surface area (TPSA) is 66.5 Å². The number of hydrogen-bond acceptors (Lipinski definition) is 4. The maximum absolute atomic E-state index is 12.7. The van der Waals surface area contributed by atoms with Gasteiger partial charge in [-0.2, -0.15) is 0 Å². The first-order chi connectivity index (χ1) is 10.4. The normalized spacial score (nSPS) is 21.5. The van der Waals surface area contributed by atoms with E-state index in [-0.39, 0.29) is 11.3 Å². The van der Waals surface area contributed by atoms with Crippen molar-refractivity contribution in [3.05, 3.63) is 29.8 Å². The smallest absolute Gasteiger partial charge is 0.229 e. The molecule has 5 nitrogen and oxygen atoms in total. The summed E-state index contributed by atoms with van der Waals surface area (Å²) in [5.41, 5.74) is 0.824. The minimum Gasteiger partial charge on any atom is -0.338 e. The van der Waals surface area contributed by atoms with Gasteiger partial charge < -0.3 is 10.2 Å². The molecule has 120 valence electrons. The van der Waals surface area contributed by atoms with E-state index in [9.17, 15) is 13.2 Å². The molecule has 1 amide bonds. The highest BCUT2D eigenvalue weighted by Gasteiger charge is 2.46. The quantitative estimate of drug-likeness (QED) is 0.908. The van der Waals surface area contributed by atoms with Gasteiger partial charge in [-0.25, -0.2) is 8.42 Å². The summed E-state index contributed by atoms with van der Waals surface area (Å²) in [6.07, 6.45) is 3.99. The summed E-state index contributed by atoms with van der Waals surface area (Å²) in [5.74, 6) is 0.265. The van der Waals surface area contributed by atoms with Gasteiger partial charge in [0.2, 0.25) is 5.91 Å². The van der Waals surface area contributed by atoms with Crippen LogP contribution in [0, 0.1) is 5.41 Å². The Morgan fingerprint density at radius 3 is 2.36 bits per heavy atom. The summed E-state index contributed by atoms with van der Waals surface area (Å²) in [6.45, 7) is 3.20. The van der Waals surface area contributed by atoms with Crippen molar-refractivity contribution >= 4 is 15.7 Å². The van der Waals surface area contributed by atoms with E-state index in [1.165, 1.54) is 6.26 Å². The van der Waals surface area contributed by atoms with Crippen LogP contribution in [0.15, 0.2) is 29.2 Å². The zero-order valence-electron chi connectivity index (χ0n) is 12.8. The maximum Gasteiger partial charge on any atom is 0.229 e. The number of nitrogens with zero attached hydrogens (tertiary/aromatic N) is 1. The van der Waals surface area contributed by atoms with Crippen molar-refractivity contribution in [1.29, 1.82) is 0 Å². The molecular weight excluding hydrogens is 300 g/mol. The Morgan fingerprint density at radius 2 is 1.77 bits per heavy atom. The van der Waals surface area contributed by atoms with Crippen molar-refractivity contribution in [3.63, 3.8) is 0 Å². The second-order valence-electron chi connectivity index (χ2n) is 6.42. The van der Waals surface area contributed by atoms with E-state index in [0.29, 0.717) is 11.4 Å². The first-order valence-electron chi connectivity index (χ1n) is 7.70. The molecule has 0 aromatic heterocycles. The summed E-state index contributed by atoms with van der Waals surface area (Å²) in [6, 6.07) is 6.84. The molecule has 1 spiro atoms. The van der Waals surface area contributed by atoms with E-state index < -0.39 is 9.84 Å². The molecule has 1 N–H and O–H groups in total. The number of piperidine rings is 1. The fourth-order valence-corrected chi connectivity index (χ4v) is 4.11. The van der Waals surface area contributed by atoms with Crippen LogP contribution in [0.1, 0.15) is 24.8 Å². The first-order valence-corrected chi connectivity index (χ1v) is 9.59. The molecular formula is C16H22N2O3S. The van der Waals surface area contributed by atoms with Crippen LogP contribution in [0.4, 0.5) is 0 Å². The molecule has 2 aliphatic heterocycles. The molecule has 0 saturated carbocycles. The van der Waals surface area contributed by atoms with Gasteiger partial charge in [-0.05, 0) is 50.0 Å². The van der Waals surface area contributed by atoms with E-state index >= 15 is 0 Å². The van der Waals surface area contributed by atoms with Crippen molar-refractivity contribution in [3.8, 4) is 0 Å². The molecule has 6 heteroatoms. The average Bonchev–Trinajstić information content (AvgIpc) is 2.77. The van der Waals surface area contributed by atoms with Crippen LogP contribution in [0.5, 0.6) is 0 Å². The Hall–Kier alpha value is -1.40. The Balaban J connectivity index is 1.70. The number of carbonyl (C=O) groups is 1. The Labute approximate surface area is 131 Å². The van der Waals surface area contributed by atoms with Gasteiger partial charge in [0, 0.05) is 19.3 Å². The highest BCUT2D eigenvalue weighted by atomic mass is 32.2. The summed E-state index contributed by atoms with van der Waals surface area (Å²) in [4.78, 5) is 15.0. The molecule has 0 atom stereocenters. The Kier molecular flexibility index (Phi) is 3.99. The highest BCUT2D eigenvalue weighted by molar-refractivity contribution is 7.90. The zero-order valence-corrected chi connectivity index (χ0v) is 13.7. The number of carbonyl (C=O) groups excluding carboxylic acids is 1. The monoisotopic (exact) mass is 322 g/mol. The number of nitrogens with one attached hydrogen (secondary N) is 1. The molecule has 1 aromatic rings. The second kappa shape index (κ2) is 5.66. The van der Waals surface area contributed by atoms with Crippen LogP contribution in [0.2, 0.25) is 0 Å². The van der Waals surface area contributed by atoms with Gasteiger partial charge in [0.1, 0.15) is 0 Å². The van der Waals surface area contributed by atoms with Gasteiger partial charge in [0.25, 0.3) is 0 Å². The Bertz CT molecular complexity index is 661. The molecule has 0 aliphatic carbocycles. The molecule has 2 fully saturated rings. The Morgan fingerprint density at radius 1 is 1.14 bits per heavy atom. The van der Waals surface area contributed by atoms with E-state index in [4.69, 9.17) is 0 Å². The summed E-state index contributed by atoms with van der Waals surface area (Å²) in [7, 11) is -3.17. The third kappa shape index (κ3) is 2.90. The van der Waals surface area contributed by atoms with Gasteiger partial charge >= 0.3 is 0 Å². The molecule has 2 aliphatic rings. The largest absolute Gasteiger partial charge is 0.338 e. The SMILES string of the molecule is CS(=O)(=O)c1ccc(CN2CCC3(CCNCC3)C2=O)cc1. The lowest BCUT2D eigenvalue weighted by atomic mass is 9.78. The number of benzene rings is 1. The number of sulfone groups is 1. The second-order valence-corrected chi connectivity index (χ2v) is 8.44. The van der Waals surface area contributed by atoms with Crippen molar-refractivity contribution in [2.45, 2.75) is 30.7 Å². The minimum absolute atomic E-state index is 0.155. The van der Waals surface area contributed by atoms with Crippen LogP contribution in [-0.2, 0) is 21.2 Å². The molecule has 1 aromatic carbocycles. The van der Waals surface area contributed by atoms with Gasteiger partial charge in [0.15, 0.2) is 9.84 Å². The van der Waals surface area contributed by atoms with Crippen molar-refractivity contribution < 1.29 is 13.2 Å². The lowest BCUT2D eigenvalue weighted by Gasteiger charge is -2.32. The molecule has 22 heavy (non-hydrogen) atoms. The van der Waals surface area contributed by atoms with Crippen LogP contribution in [0.3, 0.4) is 0 Å². The van der Waals surface area contributed by atoms with Gasteiger partial charge in [0.05, 0.1) is 10.3 Å². The minimum atomic E-state index is -3.17. The van der Waals surface area contributed by atoms with Crippen LogP contribution in [-0.4, -0.2) is 45.1 Å². The van der Waals surface area contributed by atoms with Crippen LogP contribution >= 0.6 is 0 Å².